The largest absolute Gasteiger partial charge is 0.444 e. The number of nitrogens with one attached hydrogen (secondary N) is 1. The summed E-state index contributed by atoms with van der Waals surface area (Å²) in [6.45, 7) is 6.99. The Bertz CT molecular complexity index is 772. The molecule has 1 aromatic carbocycles. The number of carbonyl (C=O) groups is 1. The number of hydrogen-bond acceptors (Lipinski definition) is 6. The molecule has 0 saturated carbocycles. The molecule has 7 heteroatoms. The van der Waals surface area contributed by atoms with Crippen LogP contribution >= 0.6 is 0 Å². The van der Waals surface area contributed by atoms with Gasteiger partial charge in [0.25, 0.3) is 0 Å². The predicted molar refractivity (Wildman–Crippen MR) is 98.4 cm³/mol. The van der Waals surface area contributed by atoms with Gasteiger partial charge in [0.15, 0.2) is 0 Å². The number of carbonyl (C=O) groups excluding carboxylic acids is 1. The van der Waals surface area contributed by atoms with Crippen LogP contribution in [-0.2, 0) is 4.74 Å². The molecule has 0 unspecified atom stereocenters. The Morgan fingerprint density at radius 1 is 1.40 bits per heavy atom. The maximum absolute atomic E-state index is 12.3. The van der Waals surface area contributed by atoms with Crippen molar-refractivity contribution >= 4 is 28.6 Å². The fourth-order valence-corrected chi connectivity index (χ4v) is 2.94. The van der Waals surface area contributed by atoms with Gasteiger partial charge in [-0.15, -0.1) is 0 Å². The first-order valence-electron chi connectivity index (χ1n) is 8.57. The molecule has 1 aliphatic heterocycles. The minimum Gasteiger partial charge on any atom is -0.444 e. The van der Waals surface area contributed by atoms with Gasteiger partial charge in [-0.25, -0.2) is 9.78 Å². The molecular weight excluding hydrogens is 318 g/mol. The zero-order valence-electron chi connectivity index (χ0n) is 15.0. The van der Waals surface area contributed by atoms with Crippen LogP contribution < -0.4 is 11.1 Å². The number of ether oxygens (including phenoxy) is 1. The molecule has 2 heterocycles. The van der Waals surface area contributed by atoms with Gasteiger partial charge in [0, 0.05) is 18.8 Å². The molecule has 1 amide bonds. The van der Waals surface area contributed by atoms with Gasteiger partial charge in [-0.05, 0) is 51.8 Å². The molecule has 0 spiro atoms. The van der Waals surface area contributed by atoms with Crippen molar-refractivity contribution in [2.24, 2.45) is 0 Å². The van der Waals surface area contributed by atoms with Gasteiger partial charge < -0.3 is 20.7 Å². The number of rotatable bonds is 3. The molecule has 0 bridgehead atoms. The molecule has 3 N–H and O–H groups in total. The van der Waals surface area contributed by atoms with E-state index in [1.807, 2.05) is 32.9 Å². The maximum Gasteiger partial charge on any atom is 0.410 e. The predicted octanol–water partition coefficient (Wildman–Crippen LogP) is 3.02. The molecule has 0 radical (unpaired) electrons. The van der Waals surface area contributed by atoms with Crippen molar-refractivity contribution in [1.82, 2.24) is 14.9 Å². The number of benzene rings is 1. The quantitative estimate of drug-likeness (QED) is 0.832. The number of hydrogen-bond donors (Lipinski definition) is 2. The molecule has 134 valence electrons. The Morgan fingerprint density at radius 2 is 2.20 bits per heavy atom. The Balaban J connectivity index is 1.64. The Kier molecular flexibility index (Phi) is 4.65. The van der Waals surface area contributed by atoms with Crippen molar-refractivity contribution in [3.8, 4) is 0 Å². The third-order valence-corrected chi connectivity index (χ3v) is 4.09. The van der Waals surface area contributed by atoms with E-state index in [0.29, 0.717) is 18.1 Å². The first kappa shape index (κ1) is 17.3. The molecule has 7 nitrogen and oxygen atoms in total. The summed E-state index contributed by atoms with van der Waals surface area (Å²) < 4.78 is 5.49. The molecular formula is C18H25N5O2. The van der Waals surface area contributed by atoms with E-state index in [-0.39, 0.29) is 12.1 Å². The number of fused-ring (bicyclic) bond motifs is 1. The molecule has 3 rings (SSSR count). The summed E-state index contributed by atoms with van der Waals surface area (Å²) in [4.78, 5) is 23.0. The molecule has 25 heavy (non-hydrogen) atoms. The van der Waals surface area contributed by atoms with Crippen molar-refractivity contribution in [1.29, 1.82) is 0 Å². The van der Waals surface area contributed by atoms with Gasteiger partial charge in [-0.3, -0.25) is 4.98 Å². The number of aromatic nitrogens is 2. The fourth-order valence-electron chi connectivity index (χ4n) is 2.94. The molecule has 1 aromatic heterocycles. The van der Waals surface area contributed by atoms with E-state index >= 15 is 0 Å². The van der Waals surface area contributed by atoms with E-state index in [1.54, 1.807) is 17.2 Å². The lowest BCUT2D eigenvalue weighted by molar-refractivity contribution is 0.0235. The van der Waals surface area contributed by atoms with Gasteiger partial charge in [0.05, 0.1) is 23.3 Å². The first-order valence-corrected chi connectivity index (χ1v) is 8.57. The van der Waals surface area contributed by atoms with Crippen LogP contribution in [-0.4, -0.2) is 45.7 Å². The van der Waals surface area contributed by atoms with Crippen LogP contribution in [0.25, 0.3) is 11.0 Å². The lowest BCUT2D eigenvalue weighted by Gasteiger charge is -2.28. The smallest absolute Gasteiger partial charge is 0.410 e. The summed E-state index contributed by atoms with van der Waals surface area (Å²) in [7, 11) is 0. The lowest BCUT2D eigenvalue weighted by atomic mass is 10.2. The molecule has 1 aliphatic rings. The van der Waals surface area contributed by atoms with Crippen LogP contribution in [0.2, 0.25) is 0 Å². The number of amides is 1. The maximum atomic E-state index is 12.3. The van der Waals surface area contributed by atoms with Crippen LogP contribution in [0.3, 0.4) is 0 Å². The van der Waals surface area contributed by atoms with Gasteiger partial charge in [-0.2, -0.15) is 0 Å². The van der Waals surface area contributed by atoms with Crippen molar-refractivity contribution < 1.29 is 9.53 Å². The fraction of sp³-hybridized carbons (Fsp3) is 0.500. The van der Waals surface area contributed by atoms with E-state index < -0.39 is 5.60 Å². The lowest BCUT2D eigenvalue weighted by Crippen LogP contribution is -2.42. The standard InChI is InChI=1S/C18H25N5O2/c1-18(2,3)25-17(24)23-8-4-5-13(23)10-21-16-11-20-15-9-12(19)6-7-14(15)22-16/h6-7,9,11,13H,4-5,8,10,19H2,1-3H3,(H,21,22)/t13-/m1/s1. The highest BCUT2D eigenvalue weighted by atomic mass is 16.6. The molecule has 1 atom stereocenters. The van der Waals surface area contributed by atoms with E-state index in [1.165, 1.54) is 0 Å². The third-order valence-electron chi connectivity index (χ3n) is 4.09. The first-order chi connectivity index (χ1) is 11.8. The van der Waals surface area contributed by atoms with Crippen molar-refractivity contribution in [3.05, 3.63) is 24.4 Å². The summed E-state index contributed by atoms with van der Waals surface area (Å²) >= 11 is 0. The van der Waals surface area contributed by atoms with Crippen molar-refractivity contribution in [2.75, 3.05) is 24.1 Å². The summed E-state index contributed by atoms with van der Waals surface area (Å²) in [6, 6.07) is 5.56. The average molecular weight is 343 g/mol. The summed E-state index contributed by atoms with van der Waals surface area (Å²) in [5, 5.41) is 3.29. The summed E-state index contributed by atoms with van der Waals surface area (Å²) in [6.07, 6.45) is 3.36. The second-order valence-electron chi connectivity index (χ2n) is 7.35. The van der Waals surface area contributed by atoms with Crippen molar-refractivity contribution in [2.45, 2.75) is 45.3 Å². The number of nitrogens with zero attached hydrogens (tertiary/aromatic N) is 3. The number of anilines is 2. The topological polar surface area (TPSA) is 93.4 Å². The van der Waals surface area contributed by atoms with Gasteiger partial charge in [-0.1, -0.05) is 0 Å². The highest BCUT2D eigenvalue weighted by Gasteiger charge is 2.31. The molecule has 1 fully saturated rings. The Hall–Kier alpha value is -2.57. The Morgan fingerprint density at radius 3 is 2.96 bits per heavy atom. The van der Waals surface area contributed by atoms with Crippen LogP contribution in [0.15, 0.2) is 24.4 Å². The number of nitrogen functional groups attached to an aromatic ring is 1. The Labute approximate surface area is 147 Å². The van der Waals surface area contributed by atoms with Crippen LogP contribution in [0.1, 0.15) is 33.6 Å². The summed E-state index contributed by atoms with van der Waals surface area (Å²) in [5.74, 6) is 0.688. The zero-order valence-corrected chi connectivity index (χ0v) is 15.0. The van der Waals surface area contributed by atoms with Crippen LogP contribution in [0.5, 0.6) is 0 Å². The van der Waals surface area contributed by atoms with Gasteiger partial charge in [0.1, 0.15) is 11.4 Å². The van der Waals surface area contributed by atoms with Crippen molar-refractivity contribution in [3.63, 3.8) is 0 Å². The second kappa shape index (κ2) is 6.74. The van der Waals surface area contributed by atoms with Gasteiger partial charge >= 0.3 is 6.09 Å². The minimum atomic E-state index is -0.483. The van der Waals surface area contributed by atoms with E-state index in [9.17, 15) is 4.79 Å². The molecule has 0 aliphatic carbocycles. The monoisotopic (exact) mass is 343 g/mol. The second-order valence-corrected chi connectivity index (χ2v) is 7.35. The zero-order chi connectivity index (χ0) is 18.0. The summed E-state index contributed by atoms with van der Waals surface area (Å²) in [5.41, 5.74) is 7.50. The van der Waals surface area contributed by atoms with Crippen LogP contribution in [0.4, 0.5) is 16.3 Å². The minimum absolute atomic E-state index is 0.0961. The molecule has 2 aromatic rings. The number of nitrogens with two attached hydrogens (primary N) is 1. The molecule has 1 saturated heterocycles. The van der Waals surface area contributed by atoms with Gasteiger partial charge in [0.2, 0.25) is 0 Å². The number of likely N-dealkylation sites (tertiary alicyclic amines) is 1. The van der Waals surface area contributed by atoms with E-state index in [0.717, 1.165) is 30.4 Å². The van der Waals surface area contributed by atoms with E-state index in [4.69, 9.17) is 10.5 Å². The SMILES string of the molecule is CC(C)(C)OC(=O)N1CCC[C@@H]1CNc1cnc2cc(N)ccc2n1. The third kappa shape index (κ3) is 4.29. The highest BCUT2D eigenvalue weighted by Crippen LogP contribution is 2.21. The van der Waals surface area contributed by atoms with E-state index in [2.05, 4.69) is 15.3 Å². The average Bonchev–Trinajstić information content (AvgIpc) is 3.00. The highest BCUT2D eigenvalue weighted by molar-refractivity contribution is 5.79. The van der Waals surface area contributed by atoms with Crippen LogP contribution in [0, 0.1) is 0 Å². The normalized spacial score (nSPS) is 17.7.